The molecule has 0 spiro atoms. The molecule has 6 heteroatoms. The number of nitriles is 1. The fourth-order valence-corrected chi connectivity index (χ4v) is 1.84. The number of nitro benzene ring substituents is 1. The Morgan fingerprint density at radius 1 is 1.65 bits per heavy atom. The molecule has 6 nitrogen and oxygen atoms in total. The van der Waals surface area contributed by atoms with E-state index in [1.165, 1.54) is 18.2 Å². The number of nitro groups is 1. The second-order valence-electron chi connectivity index (χ2n) is 3.86. The summed E-state index contributed by atoms with van der Waals surface area (Å²) in [6, 6.07) is 6.06. The summed E-state index contributed by atoms with van der Waals surface area (Å²) in [5.74, 6) is 0.104. The minimum absolute atomic E-state index is 0.0935. The lowest BCUT2D eigenvalue weighted by Crippen LogP contribution is -2.25. The van der Waals surface area contributed by atoms with Crippen LogP contribution in [0.15, 0.2) is 18.2 Å². The Morgan fingerprint density at radius 2 is 2.41 bits per heavy atom. The maximum atomic E-state index is 10.6. The van der Waals surface area contributed by atoms with Gasteiger partial charge in [-0.1, -0.05) is 0 Å². The van der Waals surface area contributed by atoms with Gasteiger partial charge in [-0.25, -0.2) is 0 Å². The second-order valence-corrected chi connectivity index (χ2v) is 3.86. The minimum atomic E-state index is -0.890. The standard InChI is InChI=1S/C11H10N2O4/c12-4-3-7-6-17-10-2-1-8(13(15)16)5-9(10)11(7)14/h1-2,5,7,11,14H,3,6H2/t7-,11-/m1/s1. The van der Waals surface area contributed by atoms with E-state index in [4.69, 9.17) is 10.00 Å². The van der Waals surface area contributed by atoms with E-state index in [0.717, 1.165) is 0 Å². The van der Waals surface area contributed by atoms with Crippen molar-refractivity contribution in [3.8, 4) is 11.8 Å². The Kier molecular flexibility index (Phi) is 2.93. The molecule has 0 saturated heterocycles. The van der Waals surface area contributed by atoms with E-state index in [0.29, 0.717) is 11.3 Å². The van der Waals surface area contributed by atoms with Crippen LogP contribution in [0.2, 0.25) is 0 Å². The van der Waals surface area contributed by atoms with Crippen molar-refractivity contribution in [1.82, 2.24) is 0 Å². The molecule has 1 N–H and O–H groups in total. The fourth-order valence-electron chi connectivity index (χ4n) is 1.84. The summed E-state index contributed by atoms with van der Waals surface area (Å²) in [6.45, 7) is 0.250. The SMILES string of the molecule is N#CC[C@@H]1COc2ccc([N+](=O)[O-])cc2[C@@H]1O. The third-order valence-corrected chi connectivity index (χ3v) is 2.78. The molecule has 88 valence electrons. The molecule has 0 amide bonds. The van der Waals surface area contributed by atoms with Gasteiger partial charge in [0.2, 0.25) is 0 Å². The number of nitrogens with zero attached hydrogens (tertiary/aromatic N) is 2. The molecule has 1 aliphatic rings. The zero-order chi connectivity index (χ0) is 12.4. The zero-order valence-corrected chi connectivity index (χ0v) is 8.87. The van der Waals surface area contributed by atoms with E-state index in [1.807, 2.05) is 6.07 Å². The third-order valence-electron chi connectivity index (χ3n) is 2.78. The van der Waals surface area contributed by atoms with Crippen molar-refractivity contribution in [2.75, 3.05) is 6.61 Å². The second kappa shape index (κ2) is 4.39. The lowest BCUT2D eigenvalue weighted by molar-refractivity contribution is -0.385. The molecular formula is C11H10N2O4. The minimum Gasteiger partial charge on any atom is -0.493 e. The number of hydrogen-bond donors (Lipinski definition) is 1. The third kappa shape index (κ3) is 2.05. The molecular weight excluding hydrogens is 224 g/mol. The summed E-state index contributed by atoms with van der Waals surface area (Å²) >= 11 is 0. The smallest absolute Gasteiger partial charge is 0.270 e. The first-order valence-corrected chi connectivity index (χ1v) is 5.09. The monoisotopic (exact) mass is 234 g/mol. The van der Waals surface area contributed by atoms with Crippen LogP contribution in [0.1, 0.15) is 18.1 Å². The molecule has 0 aliphatic carbocycles. The highest BCUT2D eigenvalue weighted by atomic mass is 16.6. The van der Waals surface area contributed by atoms with Crippen molar-refractivity contribution >= 4 is 5.69 Å². The first-order valence-electron chi connectivity index (χ1n) is 5.09. The average molecular weight is 234 g/mol. The molecule has 17 heavy (non-hydrogen) atoms. The van der Waals surface area contributed by atoms with Gasteiger partial charge in [0.05, 0.1) is 23.7 Å². The number of aliphatic hydroxyl groups excluding tert-OH is 1. The van der Waals surface area contributed by atoms with Crippen molar-refractivity contribution < 1.29 is 14.8 Å². The van der Waals surface area contributed by atoms with E-state index in [9.17, 15) is 15.2 Å². The highest BCUT2D eigenvalue weighted by Crippen LogP contribution is 2.38. The van der Waals surface area contributed by atoms with Gasteiger partial charge in [-0.05, 0) is 6.07 Å². The van der Waals surface area contributed by atoms with Crippen LogP contribution in [0, 0.1) is 27.4 Å². The largest absolute Gasteiger partial charge is 0.493 e. The van der Waals surface area contributed by atoms with Crippen LogP contribution in [0.3, 0.4) is 0 Å². The van der Waals surface area contributed by atoms with Crippen molar-refractivity contribution in [3.05, 3.63) is 33.9 Å². The lowest BCUT2D eigenvalue weighted by atomic mass is 9.91. The average Bonchev–Trinajstić information content (AvgIpc) is 2.32. The Morgan fingerprint density at radius 3 is 3.06 bits per heavy atom. The van der Waals surface area contributed by atoms with Crippen LogP contribution < -0.4 is 4.74 Å². The number of ether oxygens (including phenoxy) is 1. The van der Waals surface area contributed by atoms with E-state index in [2.05, 4.69) is 0 Å². The van der Waals surface area contributed by atoms with Crippen molar-refractivity contribution in [1.29, 1.82) is 5.26 Å². The van der Waals surface area contributed by atoms with Crippen LogP contribution in [0.25, 0.3) is 0 Å². The highest BCUT2D eigenvalue weighted by molar-refractivity contribution is 5.46. The van der Waals surface area contributed by atoms with E-state index in [-0.39, 0.29) is 24.6 Å². The lowest BCUT2D eigenvalue weighted by Gasteiger charge is -2.28. The summed E-state index contributed by atoms with van der Waals surface area (Å²) < 4.78 is 5.36. The van der Waals surface area contributed by atoms with Crippen molar-refractivity contribution in [3.63, 3.8) is 0 Å². The van der Waals surface area contributed by atoms with E-state index in [1.54, 1.807) is 0 Å². The van der Waals surface area contributed by atoms with Crippen LogP contribution in [-0.4, -0.2) is 16.6 Å². The molecule has 1 aromatic rings. The maximum absolute atomic E-state index is 10.6. The van der Waals surface area contributed by atoms with E-state index >= 15 is 0 Å². The molecule has 0 fully saturated rings. The predicted molar refractivity (Wildman–Crippen MR) is 57.3 cm³/mol. The Balaban J connectivity index is 2.36. The van der Waals surface area contributed by atoms with Gasteiger partial charge in [0.1, 0.15) is 5.75 Å². The Bertz CT molecular complexity index is 495. The topological polar surface area (TPSA) is 96.4 Å². The quantitative estimate of drug-likeness (QED) is 0.618. The van der Waals surface area contributed by atoms with Gasteiger partial charge in [0, 0.05) is 30.0 Å². The van der Waals surface area contributed by atoms with Crippen molar-refractivity contribution in [2.45, 2.75) is 12.5 Å². The van der Waals surface area contributed by atoms with Gasteiger partial charge < -0.3 is 9.84 Å². The number of fused-ring (bicyclic) bond motifs is 1. The first kappa shape index (κ1) is 11.4. The predicted octanol–water partition coefficient (Wildman–Crippen LogP) is 1.55. The summed E-state index contributed by atoms with van der Waals surface area (Å²) in [4.78, 5) is 10.1. The number of rotatable bonds is 2. The zero-order valence-electron chi connectivity index (χ0n) is 8.87. The molecule has 0 saturated carbocycles. The molecule has 2 atom stereocenters. The molecule has 0 radical (unpaired) electrons. The number of aliphatic hydroxyl groups is 1. The molecule has 0 unspecified atom stereocenters. The van der Waals surface area contributed by atoms with Gasteiger partial charge in [-0.2, -0.15) is 5.26 Å². The van der Waals surface area contributed by atoms with E-state index < -0.39 is 11.0 Å². The van der Waals surface area contributed by atoms with Gasteiger partial charge >= 0.3 is 0 Å². The maximum Gasteiger partial charge on any atom is 0.270 e. The molecule has 1 heterocycles. The van der Waals surface area contributed by atoms with Gasteiger partial charge in [0.25, 0.3) is 5.69 Å². The summed E-state index contributed by atoms with van der Waals surface area (Å²) in [7, 11) is 0. The fraction of sp³-hybridized carbons (Fsp3) is 0.364. The molecule has 0 bridgehead atoms. The molecule has 1 aliphatic heterocycles. The van der Waals surface area contributed by atoms with Crippen molar-refractivity contribution in [2.24, 2.45) is 5.92 Å². The Labute approximate surface area is 97.2 Å². The highest BCUT2D eigenvalue weighted by Gasteiger charge is 2.30. The molecule has 1 aromatic carbocycles. The van der Waals surface area contributed by atoms with Gasteiger partial charge in [-0.15, -0.1) is 0 Å². The number of benzene rings is 1. The van der Waals surface area contributed by atoms with Crippen LogP contribution in [-0.2, 0) is 0 Å². The number of hydrogen-bond acceptors (Lipinski definition) is 5. The summed E-state index contributed by atoms with van der Waals surface area (Å²) in [6.07, 6.45) is -0.734. The molecule has 0 aromatic heterocycles. The van der Waals surface area contributed by atoms with Gasteiger partial charge in [-0.3, -0.25) is 10.1 Å². The normalized spacial score (nSPS) is 22.1. The Hall–Kier alpha value is -2.13. The summed E-state index contributed by atoms with van der Waals surface area (Å²) in [5.41, 5.74) is 0.287. The molecule has 2 rings (SSSR count). The van der Waals surface area contributed by atoms with Gasteiger partial charge in [0.15, 0.2) is 0 Å². The summed E-state index contributed by atoms with van der Waals surface area (Å²) in [5, 5.41) is 29.2. The first-order chi connectivity index (χ1) is 8.13. The van der Waals surface area contributed by atoms with Crippen LogP contribution in [0.4, 0.5) is 5.69 Å². The van der Waals surface area contributed by atoms with Crippen LogP contribution >= 0.6 is 0 Å². The number of non-ortho nitro benzene ring substituents is 1. The van der Waals surface area contributed by atoms with Crippen LogP contribution in [0.5, 0.6) is 5.75 Å².